The van der Waals surface area contributed by atoms with E-state index in [0.29, 0.717) is 0 Å². The molecule has 0 saturated heterocycles. The van der Waals surface area contributed by atoms with E-state index in [4.69, 9.17) is 35.0 Å². The Morgan fingerprint density at radius 3 is 0.400 bits per heavy atom. The maximum atomic E-state index is 8.52. The summed E-state index contributed by atoms with van der Waals surface area (Å²) in [5.74, 6) is 0. The first-order chi connectivity index (χ1) is 4.00. The normalized spacial score (nSPS) is 5.80. The summed E-state index contributed by atoms with van der Waals surface area (Å²) < 4.78 is 68.2. The molecule has 0 aromatic heterocycles. The van der Waals surface area contributed by atoms with Gasteiger partial charge >= 0.3 is 39.0 Å². The molecular weight excluding hydrogens is 451 g/mol. The van der Waals surface area contributed by atoms with Crippen LogP contribution in [0.1, 0.15) is 0 Å². The summed E-state index contributed by atoms with van der Waals surface area (Å²) in [7, 11) is -10.3. The molecule has 128 valence electrons. The molecule has 0 fully saturated rings. The van der Waals surface area contributed by atoms with Gasteiger partial charge in [-0.1, -0.05) is 0 Å². The molecule has 20 heavy (non-hydrogen) atoms. The van der Waals surface area contributed by atoms with E-state index in [1.165, 1.54) is 0 Å². The Balaban J connectivity index is -0.00000000427. The van der Waals surface area contributed by atoms with E-state index in [1.54, 1.807) is 0 Å². The van der Waals surface area contributed by atoms with Gasteiger partial charge in [-0.2, -0.15) is 0 Å². The van der Waals surface area contributed by atoms with Gasteiger partial charge in [-0.15, -0.1) is 0 Å². The third-order valence-corrected chi connectivity index (χ3v) is 0. The van der Waals surface area contributed by atoms with E-state index < -0.39 is 20.8 Å². The third-order valence-electron chi connectivity index (χ3n) is 0. The maximum Gasteiger partial charge on any atom is 2.00 e. The summed E-state index contributed by atoms with van der Waals surface area (Å²) in [6, 6.07) is 0. The van der Waals surface area contributed by atoms with Gasteiger partial charge in [0.15, 0.2) is 0 Å². The summed E-state index contributed by atoms with van der Waals surface area (Å²) in [6.45, 7) is 0. The van der Waals surface area contributed by atoms with Crippen LogP contribution in [0.15, 0.2) is 0 Å². The molecule has 0 aliphatic rings. The van der Waals surface area contributed by atoms with Crippen LogP contribution in [0.2, 0.25) is 0 Å². The first-order valence-corrected chi connectivity index (χ1v) is 4.00. The van der Waals surface area contributed by atoms with E-state index in [1.807, 2.05) is 0 Å². The first kappa shape index (κ1) is 106. The van der Waals surface area contributed by atoms with Crippen molar-refractivity contribution in [3.8, 4) is 0 Å². The minimum atomic E-state index is -5.17. The van der Waals surface area contributed by atoms with Gasteiger partial charge in [0.05, 0.1) is 0 Å². The Morgan fingerprint density at radius 2 is 0.400 bits per heavy atom. The molecule has 0 heterocycles. The summed E-state index contributed by atoms with van der Waals surface area (Å²) in [6.07, 6.45) is 0. The average molecular weight is 475 g/mol. The molecule has 0 aromatic rings. The van der Waals surface area contributed by atoms with Crippen molar-refractivity contribution in [1.29, 1.82) is 0 Å². The molecule has 16 nitrogen and oxygen atoms in total. The van der Waals surface area contributed by atoms with Gasteiger partial charge in [-0.3, -0.25) is 16.8 Å². The number of hydrogen-bond acceptors (Lipinski definition) is 8. The molecule has 0 aliphatic carbocycles. The summed E-state index contributed by atoms with van der Waals surface area (Å²) in [5, 5.41) is 0. The second-order valence-electron chi connectivity index (χ2n) is 0.816. The van der Waals surface area contributed by atoms with Crippen molar-refractivity contribution in [2.24, 2.45) is 0 Å². The largest absolute Gasteiger partial charge is 2.00 e. The minimum absolute atomic E-state index is 0. The van der Waals surface area contributed by atoms with E-state index >= 15 is 0 Å². The number of rotatable bonds is 0. The molecule has 0 amide bonds. The summed E-state index contributed by atoms with van der Waals surface area (Å²) >= 11 is 0. The SMILES string of the molecule is O=S(=O)([O-])[O-].O=S(=O)([O-])[O-].[OH3+].[OH3+].[OH3+].[OH3+].[OH3+].[OH3+].[OH3+].[OH3+].[Zn+2].[Zn+2]. The molecule has 0 aliphatic heterocycles. The smallest absolute Gasteiger partial charge is 0.759 e. The van der Waals surface area contributed by atoms with Gasteiger partial charge in [-0.05, 0) is 0 Å². The van der Waals surface area contributed by atoms with Crippen LogP contribution in [0.5, 0.6) is 0 Å². The molecule has 20 heteroatoms. The molecule has 0 atom stereocenters. The molecule has 0 saturated carbocycles. The fourth-order valence-electron chi connectivity index (χ4n) is 0. The fourth-order valence-corrected chi connectivity index (χ4v) is 0. The topological polar surface area (TPSA) is 425 Å². The standard InChI is InChI=1S/2H2O4S.8H2O.2Zn/c2*1-5(2,3)4;;;;;;;;;;/h2*(H2,1,2,3,4);8*1H2;;/q;;;;;;;;;;2*+2/p+4. The predicted molar refractivity (Wildman–Crippen MR) is 59.9 cm³/mol. The van der Waals surface area contributed by atoms with Crippen molar-refractivity contribution in [2.75, 3.05) is 0 Å². The summed E-state index contributed by atoms with van der Waals surface area (Å²) in [5.41, 5.74) is 0. The molecule has 0 bridgehead atoms. The molecule has 0 rings (SSSR count). The van der Waals surface area contributed by atoms with Gasteiger partial charge in [0.25, 0.3) is 0 Å². The second-order valence-corrected chi connectivity index (χ2v) is 2.45. The number of hydrogen-bond donors (Lipinski definition) is 0. The average Bonchev–Trinajstić information content (AvgIpc) is 1.12. The van der Waals surface area contributed by atoms with Crippen molar-refractivity contribution >= 4 is 20.8 Å². The van der Waals surface area contributed by atoms with Gasteiger partial charge < -0.3 is 62.0 Å². The molecule has 0 unspecified atom stereocenters. The van der Waals surface area contributed by atoms with Crippen LogP contribution >= 0.6 is 0 Å². The van der Waals surface area contributed by atoms with Gasteiger partial charge in [0.1, 0.15) is 0 Å². The van der Waals surface area contributed by atoms with Gasteiger partial charge in [-0.25, -0.2) is 0 Å². The van der Waals surface area contributed by atoms with Crippen molar-refractivity contribution in [1.82, 2.24) is 0 Å². The van der Waals surface area contributed by atoms with Crippen molar-refractivity contribution in [3.63, 3.8) is 0 Å². The zero-order valence-corrected chi connectivity index (χ0v) is 17.7. The van der Waals surface area contributed by atoms with Crippen molar-refractivity contribution in [2.45, 2.75) is 0 Å². The Bertz CT molecular complexity index is 215. The van der Waals surface area contributed by atoms with Crippen LogP contribution in [-0.4, -0.2) is 35.0 Å². The monoisotopic (exact) mass is 472 g/mol. The zero-order valence-electron chi connectivity index (χ0n) is 10.1. The maximum absolute atomic E-state index is 8.52. The molecule has 0 radical (unpaired) electrons. The van der Waals surface area contributed by atoms with Crippen molar-refractivity contribution < 1.29 is 118 Å². The van der Waals surface area contributed by atoms with E-state index in [0.717, 1.165) is 0 Å². The van der Waals surface area contributed by atoms with Crippen LogP contribution in [0.25, 0.3) is 0 Å². The molecule has 0 aromatic carbocycles. The quantitative estimate of drug-likeness (QED) is 0.140. The minimum Gasteiger partial charge on any atom is -0.759 e. The molecule has 24 N–H and O–H groups in total. The molecule has 0 spiro atoms. The predicted octanol–water partition coefficient (Wildman–Crippen LogP) is -10.1. The molecular formula is H24O16S2Zn2+8. The summed E-state index contributed by atoms with van der Waals surface area (Å²) in [4.78, 5) is 0. The Hall–Kier alpha value is 0.667. The van der Waals surface area contributed by atoms with Crippen LogP contribution in [-0.2, 0) is 104 Å². The van der Waals surface area contributed by atoms with Crippen LogP contribution in [0.4, 0.5) is 0 Å². The Morgan fingerprint density at radius 1 is 0.400 bits per heavy atom. The van der Waals surface area contributed by atoms with Crippen LogP contribution in [0, 0.1) is 0 Å². The van der Waals surface area contributed by atoms with Gasteiger partial charge in [0.2, 0.25) is 0 Å². The second kappa shape index (κ2) is 42.7. The van der Waals surface area contributed by atoms with Gasteiger partial charge in [0, 0.05) is 20.8 Å². The third kappa shape index (κ3) is 13100. The van der Waals surface area contributed by atoms with E-state index in [-0.39, 0.29) is 82.8 Å². The van der Waals surface area contributed by atoms with Crippen molar-refractivity contribution in [3.05, 3.63) is 0 Å². The van der Waals surface area contributed by atoms with E-state index in [2.05, 4.69) is 0 Å². The van der Waals surface area contributed by atoms with E-state index in [9.17, 15) is 0 Å². The van der Waals surface area contributed by atoms with Crippen LogP contribution in [0.3, 0.4) is 0 Å². The zero-order chi connectivity index (χ0) is 9.00. The Labute approximate surface area is 138 Å². The van der Waals surface area contributed by atoms with Crippen LogP contribution < -0.4 is 0 Å². The first-order valence-electron chi connectivity index (χ1n) is 1.33. The fraction of sp³-hybridized carbons (Fsp3) is 0. The Kier molecular flexibility index (Phi) is 227.